The van der Waals surface area contributed by atoms with E-state index >= 15 is 0 Å². The van der Waals surface area contributed by atoms with E-state index in [1.807, 2.05) is 37.4 Å². The molecule has 0 aliphatic rings. The number of aryl methyl sites for hydroxylation is 2. The average Bonchev–Trinajstić information content (AvgIpc) is 2.95. The summed E-state index contributed by atoms with van der Waals surface area (Å²) in [5.74, 6) is -0.110. The number of anilines is 1. The quantitative estimate of drug-likeness (QED) is 0.777. The molecule has 96 valence electrons. The predicted molar refractivity (Wildman–Crippen MR) is 76.9 cm³/mol. The fraction of sp³-hybridized carbons (Fsp3) is 0.143. The number of nitrogens with one attached hydrogen (secondary N) is 1. The minimum absolute atomic E-state index is 0.110. The molecule has 0 radical (unpaired) electrons. The lowest BCUT2D eigenvalue weighted by molar-refractivity contribution is 0.102. The number of hydrogen-bond donors (Lipinski definition) is 1. The Kier molecular flexibility index (Phi) is 2.83. The number of benzene rings is 1. The average molecular weight is 271 g/mol. The Balaban J connectivity index is 1.96. The van der Waals surface area contributed by atoms with Crippen LogP contribution in [0.5, 0.6) is 0 Å². The molecular weight excluding hydrogens is 258 g/mol. The first-order valence-electron chi connectivity index (χ1n) is 5.95. The summed E-state index contributed by atoms with van der Waals surface area (Å²) in [5, 5.41) is 4.81. The van der Waals surface area contributed by atoms with E-state index in [2.05, 4.69) is 10.3 Å². The van der Waals surface area contributed by atoms with Gasteiger partial charge in [-0.25, -0.2) is 4.98 Å². The molecule has 0 fully saturated rings. The van der Waals surface area contributed by atoms with Crippen molar-refractivity contribution in [3.05, 3.63) is 52.8 Å². The molecule has 4 nitrogen and oxygen atoms in total. The second-order valence-corrected chi connectivity index (χ2v) is 5.26. The van der Waals surface area contributed by atoms with Crippen molar-refractivity contribution in [1.29, 1.82) is 0 Å². The number of fused-ring (bicyclic) bond motifs is 1. The van der Waals surface area contributed by atoms with Crippen molar-refractivity contribution in [3.63, 3.8) is 0 Å². The summed E-state index contributed by atoms with van der Waals surface area (Å²) in [6.45, 7) is 3.98. The molecule has 0 bridgehead atoms. The zero-order chi connectivity index (χ0) is 13.4. The van der Waals surface area contributed by atoms with E-state index in [4.69, 9.17) is 0 Å². The third-order valence-electron chi connectivity index (χ3n) is 3.09. The van der Waals surface area contributed by atoms with E-state index in [-0.39, 0.29) is 5.91 Å². The van der Waals surface area contributed by atoms with Crippen LogP contribution >= 0.6 is 11.3 Å². The molecule has 1 amide bonds. The largest absolute Gasteiger partial charge is 0.320 e. The van der Waals surface area contributed by atoms with Crippen LogP contribution in [0, 0.1) is 13.8 Å². The molecule has 2 heterocycles. The lowest BCUT2D eigenvalue weighted by Crippen LogP contribution is -2.15. The second kappa shape index (κ2) is 4.51. The number of para-hydroxylation sites is 1. The van der Waals surface area contributed by atoms with E-state index in [1.54, 1.807) is 16.8 Å². The number of aromatic nitrogens is 2. The number of hydrogen-bond acceptors (Lipinski definition) is 3. The summed E-state index contributed by atoms with van der Waals surface area (Å²) in [7, 11) is 0. The standard InChI is InChI=1S/C14H13N3OS/c1-9-4-3-5-10(2)12(9)16-13(18)11-8-19-14-15-6-7-17(11)14/h3-8H,1-2H3,(H,16,18). The van der Waals surface area contributed by atoms with Gasteiger partial charge in [0.1, 0.15) is 5.69 Å². The molecular formula is C14H13N3OS. The SMILES string of the molecule is Cc1cccc(C)c1NC(=O)c1csc2nccn12. The molecule has 2 aromatic heterocycles. The van der Waals surface area contributed by atoms with Gasteiger partial charge in [0.25, 0.3) is 5.91 Å². The Bertz CT molecular complexity index is 737. The highest BCUT2D eigenvalue weighted by Gasteiger charge is 2.14. The first-order chi connectivity index (χ1) is 9.16. The lowest BCUT2D eigenvalue weighted by atomic mass is 10.1. The molecule has 3 aromatic rings. The van der Waals surface area contributed by atoms with Crippen LogP contribution in [-0.4, -0.2) is 15.3 Å². The zero-order valence-electron chi connectivity index (χ0n) is 10.7. The topological polar surface area (TPSA) is 46.4 Å². The molecule has 0 saturated carbocycles. The van der Waals surface area contributed by atoms with Gasteiger partial charge < -0.3 is 5.32 Å². The van der Waals surface area contributed by atoms with Crippen LogP contribution in [0.15, 0.2) is 36.0 Å². The predicted octanol–water partition coefficient (Wildman–Crippen LogP) is 3.26. The zero-order valence-corrected chi connectivity index (χ0v) is 11.5. The van der Waals surface area contributed by atoms with Gasteiger partial charge >= 0.3 is 0 Å². The van der Waals surface area contributed by atoms with E-state index < -0.39 is 0 Å². The maximum Gasteiger partial charge on any atom is 0.273 e. The van der Waals surface area contributed by atoms with Crippen molar-refractivity contribution in [1.82, 2.24) is 9.38 Å². The molecule has 0 unspecified atom stereocenters. The Morgan fingerprint density at radius 3 is 2.79 bits per heavy atom. The van der Waals surface area contributed by atoms with Crippen LogP contribution in [0.2, 0.25) is 0 Å². The summed E-state index contributed by atoms with van der Waals surface area (Å²) < 4.78 is 1.80. The number of carbonyl (C=O) groups excluding carboxylic acids is 1. The highest BCUT2D eigenvalue weighted by Crippen LogP contribution is 2.21. The molecule has 1 N–H and O–H groups in total. The number of nitrogens with zero attached hydrogens (tertiary/aromatic N) is 2. The van der Waals surface area contributed by atoms with Gasteiger partial charge in [0.2, 0.25) is 0 Å². The van der Waals surface area contributed by atoms with Crippen molar-refractivity contribution < 1.29 is 4.79 Å². The highest BCUT2D eigenvalue weighted by atomic mass is 32.1. The first-order valence-corrected chi connectivity index (χ1v) is 6.83. The minimum atomic E-state index is -0.110. The van der Waals surface area contributed by atoms with Crippen molar-refractivity contribution in [3.8, 4) is 0 Å². The van der Waals surface area contributed by atoms with Gasteiger partial charge in [-0.2, -0.15) is 0 Å². The van der Waals surface area contributed by atoms with E-state index in [9.17, 15) is 4.79 Å². The van der Waals surface area contributed by atoms with Crippen molar-refractivity contribution in [2.75, 3.05) is 5.32 Å². The van der Waals surface area contributed by atoms with Crippen molar-refractivity contribution in [2.24, 2.45) is 0 Å². The Morgan fingerprint density at radius 2 is 2.05 bits per heavy atom. The highest BCUT2D eigenvalue weighted by molar-refractivity contribution is 7.15. The Hall–Kier alpha value is -2.14. The first kappa shape index (κ1) is 11.9. The van der Waals surface area contributed by atoms with Gasteiger partial charge in [0, 0.05) is 23.5 Å². The molecule has 19 heavy (non-hydrogen) atoms. The Labute approximate surface area is 114 Å². The molecule has 0 spiro atoms. The van der Waals surface area contributed by atoms with E-state index in [0.29, 0.717) is 5.69 Å². The number of imidazole rings is 1. The molecule has 5 heteroatoms. The summed E-state index contributed by atoms with van der Waals surface area (Å²) in [6.07, 6.45) is 3.49. The van der Waals surface area contributed by atoms with Crippen LogP contribution in [0.1, 0.15) is 21.6 Å². The number of rotatable bonds is 2. The normalized spacial score (nSPS) is 10.8. The van der Waals surface area contributed by atoms with Crippen LogP contribution in [0.4, 0.5) is 5.69 Å². The number of amides is 1. The lowest BCUT2D eigenvalue weighted by Gasteiger charge is -2.10. The summed E-state index contributed by atoms with van der Waals surface area (Å²) >= 11 is 1.46. The Morgan fingerprint density at radius 1 is 1.32 bits per heavy atom. The van der Waals surface area contributed by atoms with Gasteiger partial charge in [-0.1, -0.05) is 18.2 Å². The maximum atomic E-state index is 12.3. The van der Waals surface area contributed by atoms with Crippen LogP contribution in [-0.2, 0) is 0 Å². The van der Waals surface area contributed by atoms with E-state index in [1.165, 1.54) is 11.3 Å². The fourth-order valence-electron chi connectivity index (χ4n) is 2.08. The van der Waals surface area contributed by atoms with Crippen LogP contribution in [0.25, 0.3) is 4.96 Å². The van der Waals surface area contributed by atoms with Crippen LogP contribution in [0.3, 0.4) is 0 Å². The second-order valence-electron chi connectivity index (χ2n) is 4.42. The number of thiazole rings is 1. The maximum absolute atomic E-state index is 12.3. The monoisotopic (exact) mass is 271 g/mol. The van der Waals surface area contributed by atoms with Gasteiger partial charge in [-0.3, -0.25) is 9.20 Å². The van der Waals surface area contributed by atoms with Crippen molar-refractivity contribution in [2.45, 2.75) is 13.8 Å². The molecule has 1 aromatic carbocycles. The van der Waals surface area contributed by atoms with Gasteiger partial charge in [0.15, 0.2) is 4.96 Å². The molecule has 0 saturated heterocycles. The molecule has 0 atom stereocenters. The number of carbonyl (C=O) groups is 1. The molecule has 0 aliphatic heterocycles. The van der Waals surface area contributed by atoms with Gasteiger partial charge in [-0.05, 0) is 25.0 Å². The van der Waals surface area contributed by atoms with Gasteiger partial charge in [-0.15, -0.1) is 11.3 Å². The summed E-state index contributed by atoms with van der Waals surface area (Å²) in [6, 6.07) is 5.96. The molecule has 0 aliphatic carbocycles. The van der Waals surface area contributed by atoms with E-state index in [0.717, 1.165) is 21.8 Å². The third-order valence-corrected chi connectivity index (χ3v) is 3.95. The molecule has 3 rings (SSSR count). The van der Waals surface area contributed by atoms with Crippen molar-refractivity contribution >= 4 is 27.9 Å². The van der Waals surface area contributed by atoms with Crippen LogP contribution < -0.4 is 5.32 Å². The summed E-state index contributed by atoms with van der Waals surface area (Å²) in [4.78, 5) is 17.3. The van der Waals surface area contributed by atoms with Gasteiger partial charge in [0.05, 0.1) is 0 Å². The fourth-order valence-corrected chi connectivity index (χ4v) is 2.91. The minimum Gasteiger partial charge on any atom is -0.320 e. The third kappa shape index (κ3) is 2.02. The smallest absolute Gasteiger partial charge is 0.273 e. The summed E-state index contributed by atoms with van der Waals surface area (Å²) in [5.41, 5.74) is 3.61.